The molecule has 2 rings (SSSR count). The molecule has 0 aliphatic heterocycles. The third-order valence-electron chi connectivity index (χ3n) is 2.64. The van der Waals surface area contributed by atoms with E-state index >= 15 is 0 Å². The van der Waals surface area contributed by atoms with E-state index in [0.717, 1.165) is 24.2 Å². The molecule has 0 saturated heterocycles. The summed E-state index contributed by atoms with van der Waals surface area (Å²) in [6, 6.07) is 9.98. The van der Waals surface area contributed by atoms with Gasteiger partial charge < -0.3 is 11.1 Å². The second-order valence-electron chi connectivity index (χ2n) is 4.26. The van der Waals surface area contributed by atoms with Gasteiger partial charge in [0.1, 0.15) is 0 Å². The van der Waals surface area contributed by atoms with Crippen LogP contribution in [0.4, 0.5) is 0 Å². The van der Waals surface area contributed by atoms with Crippen molar-refractivity contribution in [3.63, 3.8) is 0 Å². The molecule has 0 amide bonds. The fourth-order valence-electron chi connectivity index (χ4n) is 1.65. The maximum Gasteiger partial charge on any atom is 0.188 e. The van der Waals surface area contributed by atoms with Gasteiger partial charge in [0.15, 0.2) is 5.96 Å². The topological polar surface area (TPSA) is 68.2 Å². The molecule has 19 heavy (non-hydrogen) atoms. The lowest BCUT2D eigenvalue weighted by Crippen LogP contribution is -2.32. The van der Waals surface area contributed by atoms with E-state index in [4.69, 9.17) is 5.73 Å². The van der Waals surface area contributed by atoms with Crippen molar-refractivity contribution in [3.8, 4) is 5.69 Å². The Bertz CT molecular complexity index is 530. The van der Waals surface area contributed by atoms with Crippen LogP contribution in [-0.4, -0.2) is 22.3 Å². The maximum absolute atomic E-state index is 5.74. The molecular weight excluding hydrogens is 238 g/mol. The lowest BCUT2D eigenvalue weighted by molar-refractivity contribution is 0.825. The van der Waals surface area contributed by atoms with Crippen molar-refractivity contribution in [1.29, 1.82) is 0 Å². The number of para-hydroxylation sites is 1. The highest BCUT2D eigenvalue weighted by atomic mass is 15.3. The average molecular weight is 257 g/mol. The quantitative estimate of drug-likeness (QED) is 0.632. The van der Waals surface area contributed by atoms with Gasteiger partial charge in [-0.15, -0.1) is 0 Å². The minimum Gasteiger partial charge on any atom is -0.370 e. The van der Waals surface area contributed by atoms with Crippen molar-refractivity contribution < 1.29 is 0 Å². The highest BCUT2D eigenvalue weighted by Gasteiger charge is 2.00. The molecule has 0 aliphatic carbocycles. The standard InChI is InChI=1S/C14H19N5/c1-2-8-16-14(15)17-9-12-10-18-19(11-12)13-6-4-3-5-7-13/h3-7,10-11H,2,8-9H2,1H3,(H3,15,16,17). The summed E-state index contributed by atoms with van der Waals surface area (Å²) in [5.41, 5.74) is 7.81. The van der Waals surface area contributed by atoms with E-state index in [0.29, 0.717) is 12.5 Å². The Balaban J connectivity index is 1.98. The number of nitrogens with one attached hydrogen (secondary N) is 1. The Morgan fingerprint density at radius 3 is 2.89 bits per heavy atom. The van der Waals surface area contributed by atoms with Gasteiger partial charge in [-0.25, -0.2) is 9.67 Å². The zero-order valence-corrected chi connectivity index (χ0v) is 11.1. The highest BCUT2D eigenvalue weighted by Crippen LogP contribution is 2.08. The Hall–Kier alpha value is -2.30. The minimum atomic E-state index is 0.481. The molecule has 1 heterocycles. The molecule has 5 heteroatoms. The minimum absolute atomic E-state index is 0.481. The third kappa shape index (κ3) is 3.84. The fourth-order valence-corrected chi connectivity index (χ4v) is 1.65. The van der Waals surface area contributed by atoms with E-state index in [-0.39, 0.29) is 0 Å². The molecule has 2 aromatic rings. The fraction of sp³-hybridized carbons (Fsp3) is 0.286. The molecule has 0 atom stereocenters. The van der Waals surface area contributed by atoms with Gasteiger partial charge in [0.25, 0.3) is 0 Å². The molecule has 1 aromatic heterocycles. The van der Waals surface area contributed by atoms with Crippen molar-refractivity contribution in [3.05, 3.63) is 48.3 Å². The molecule has 0 aliphatic rings. The van der Waals surface area contributed by atoms with Crippen LogP contribution in [0, 0.1) is 0 Å². The molecule has 0 spiro atoms. The largest absolute Gasteiger partial charge is 0.370 e. The number of rotatable bonds is 5. The zero-order chi connectivity index (χ0) is 13.5. The van der Waals surface area contributed by atoms with Gasteiger partial charge in [-0.2, -0.15) is 5.10 Å². The molecular formula is C14H19N5. The van der Waals surface area contributed by atoms with E-state index in [1.54, 1.807) is 0 Å². The molecule has 0 saturated carbocycles. The second kappa shape index (κ2) is 6.58. The molecule has 5 nitrogen and oxygen atoms in total. The number of aromatic nitrogens is 2. The van der Waals surface area contributed by atoms with Crippen molar-refractivity contribution in [2.24, 2.45) is 10.7 Å². The Morgan fingerprint density at radius 1 is 1.37 bits per heavy atom. The van der Waals surface area contributed by atoms with Gasteiger partial charge in [-0.05, 0) is 18.6 Å². The van der Waals surface area contributed by atoms with Gasteiger partial charge in [-0.1, -0.05) is 25.1 Å². The van der Waals surface area contributed by atoms with Crippen LogP contribution in [0.25, 0.3) is 5.69 Å². The average Bonchev–Trinajstić information content (AvgIpc) is 2.93. The number of benzene rings is 1. The Labute approximate surface area is 113 Å². The molecule has 3 N–H and O–H groups in total. The van der Waals surface area contributed by atoms with Gasteiger partial charge in [0, 0.05) is 18.3 Å². The monoisotopic (exact) mass is 257 g/mol. The number of aliphatic imine (C=N–C) groups is 1. The van der Waals surface area contributed by atoms with Crippen LogP contribution >= 0.6 is 0 Å². The predicted octanol–water partition coefficient (Wildman–Crippen LogP) is 1.69. The molecule has 1 aromatic carbocycles. The smallest absolute Gasteiger partial charge is 0.188 e. The summed E-state index contributed by atoms with van der Waals surface area (Å²) in [5.74, 6) is 0.481. The molecule has 100 valence electrons. The summed E-state index contributed by atoms with van der Waals surface area (Å²) in [6.07, 6.45) is 4.80. The summed E-state index contributed by atoms with van der Waals surface area (Å²) in [6.45, 7) is 3.47. The van der Waals surface area contributed by atoms with Gasteiger partial charge in [-0.3, -0.25) is 0 Å². The van der Waals surface area contributed by atoms with E-state index in [1.807, 2.05) is 47.4 Å². The predicted molar refractivity (Wildman–Crippen MR) is 77.2 cm³/mol. The molecule has 0 radical (unpaired) electrons. The van der Waals surface area contributed by atoms with E-state index in [2.05, 4.69) is 22.3 Å². The van der Waals surface area contributed by atoms with Crippen molar-refractivity contribution >= 4 is 5.96 Å². The number of hydrogen-bond donors (Lipinski definition) is 2. The second-order valence-corrected chi connectivity index (χ2v) is 4.26. The first kappa shape index (κ1) is 13.1. The highest BCUT2D eigenvalue weighted by molar-refractivity contribution is 5.77. The van der Waals surface area contributed by atoms with Crippen LogP contribution < -0.4 is 11.1 Å². The van der Waals surface area contributed by atoms with Crippen molar-refractivity contribution in [1.82, 2.24) is 15.1 Å². The summed E-state index contributed by atoms with van der Waals surface area (Å²) in [7, 11) is 0. The first-order valence-corrected chi connectivity index (χ1v) is 6.42. The van der Waals surface area contributed by atoms with Gasteiger partial charge >= 0.3 is 0 Å². The summed E-state index contributed by atoms with van der Waals surface area (Å²) < 4.78 is 1.83. The van der Waals surface area contributed by atoms with E-state index < -0.39 is 0 Å². The first-order chi connectivity index (χ1) is 9.29. The van der Waals surface area contributed by atoms with Crippen molar-refractivity contribution in [2.75, 3.05) is 6.54 Å². The van der Waals surface area contributed by atoms with Crippen molar-refractivity contribution in [2.45, 2.75) is 19.9 Å². The number of nitrogens with zero attached hydrogens (tertiary/aromatic N) is 3. The summed E-state index contributed by atoms with van der Waals surface area (Å²) in [5, 5.41) is 7.35. The molecule has 0 fully saturated rings. The summed E-state index contributed by atoms with van der Waals surface area (Å²) in [4.78, 5) is 4.27. The lowest BCUT2D eigenvalue weighted by Gasteiger charge is -2.02. The number of guanidine groups is 1. The van der Waals surface area contributed by atoms with Gasteiger partial charge in [0.05, 0.1) is 18.4 Å². The Morgan fingerprint density at radius 2 is 2.16 bits per heavy atom. The van der Waals surface area contributed by atoms with Crippen LogP contribution in [0.1, 0.15) is 18.9 Å². The molecule has 0 bridgehead atoms. The Kier molecular flexibility index (Phi) is 4.55. The van der Waals surface area contributed by atoms with Crippen LogP contribution in [0.2, 0.25) is 0 Å². The van der Waals surface area contributed by atoms with E-state index in [9.17, 15) is 0 Å². The first-order valence-electron chi connectivity index (χ1n) is 6.42. The number of nitrogens with two attached hydrogens (primary N) is 1. The normalized spacial score (nSPS) is 11.5. The van der Waals surface area contributed by atoms with Gasteiger partial charge in [0.2, 0.25) is 0 Å². The van der Waals surface area contributed by atoms with Crippen LogP contribution in [0.3, 0.4) is 0 Å². The summed E-state index contributed by atoms with van der Waals surface area (Å²) >= 11 is 0. The molecule has 0 unspecified atom stereocenters. The SMILES string of the molecule is CCCNC(N)=NCc1cnn(-c2ccccc2)c1. The third-order valence-corrected chi connectivity index (χ3v) is 2.64. The number of hydrogen-bond acceptors (Lipinski definition) is 2. The lowest BCUT2D eigenvalue weighted by atomic mass is 10.3. The maximum atomic E-state index is 5.74. The van der Waals surface area contributed by atoms with Crippen LogP contribution in [-0.2, 0) is 6.54 Å². The zero-order valence-electron chi connectivity index (χ0n) is 11.1. The van der Waals surface area contributed by atoms with Crippen LogP contribution in [0.5, 0.6) is 0 Å². The van der Waals surface area contributed by atoms with Crippen LogP contribution in [0.15, 0.2) is 47.7 Å². The van der Waals surface area contributed by atoms with E-state index in [1.165, 1.54) is 0 Å².